The van der Waals surface area contributed by atoms with E-state index >= 15 is 0 Å². The Labute approximate surface area is 172 Å². The van der Waals surface area contributed by atoms with E-state index in [2.05, 4.69) is 21.6 Å². The minimum Gasteiger partial charge on any atom is -0.494 e. The van der Waals surface area contributed by atoms with Crippen LogP contribution in [0.25, 0.3) is 0 Å². The maximum atomic E-state index is 10.8. The second-order valence-corrected chi connectivity index (χ2v) is 7.00. The van der Waals surface area contributed by atoms with Gasteiger partial charge in [0.1, 0.15) is 5.75 Å². The van der Waals surface area contributed by atoms with Gasteiger partial charge in [-0.3, -0.25) is 10.1 Å². The summed E-state index contributed by atoms with van der Waals surface area (Å²) >= 11 is 0. The van der Waals surface area contributed by atoms with E-state index in [1.54, 1.807) is 0 Å². The van der Waals surface area contributed by atoms with Gasteiger partial charge in [-0.15, -0.1) is 0 Å². The largest absolute Gasteiger partial charge is 0.494 e. The van der Waals surface area contributed by atoms with E-state index in [0.29, 0.717) is 25.5 Å². The number of hydrogen-bond acceptors (Lipinski definition) is 6. The molecule has 0 aliphatic rings. The maximum Gasteiger partial charge on any atom is 0.274 e. The normalized spacial score (nSPS) is 11.3. The number of ether oxygens (including phenoxy) is 1. The summed E-state index contributed by atoms with van der Waals surface area (Å²) in [5, 5.41) is 17.0. The molecule has 7 nitrogen and oxygen atoms in total. The van der Waals surface area contributed by atoms with E-state index in [-0.39, 0.29) is 0 Å². The molecule has 0 spiro atoms. The number of benzene rings is 2. The smallest absolute Gasteiger partial charge is 0.274 e. The third-order valence-electron chi connectivity index (χ3n) is 4.11. The highest BCUT2D eigenvalue weighted by Gasteiger charge is 2.03. The van der Waals surface area contributed by atoms with Crippen LogP contribution in [0.5, 0.6) is 5.75 Å². The van der Waals surface area contributed by atoms with Crippen molar-refractivity contribution < 1.29 is 9.66 Å². The molecule has 0 aromatic heterocycles. The SMILES string of the molecule is CN(C)Cc1cccc(OCCCNC(=C[N+](=O)[O-])NCCc2ccccc2)c1. The molecule has 0 atom stereocenters. The van der Waals surface area contributed by atoms with Gasteiger partial charge in [-0.05, 0) is 50.2 Å². The molecule has 156 valence electrons. The molecular weight excluding hydrogens is 368 g/mol. The zero-order valence-electron chi connectivity index (χ0n) is 17.1. The molecule has 0 amide bonds. The first-order chi connectivity index (χ1) is 14.0. The van der Waals surface area contributed by atoms with E-state index in [1.807, 2.05) is 62.6 Å². The van der Waals surface area contributed by atoms with E-state index in [9.17, 15) is 10.1 Å². The highest BCUT2D eigenvalue weighted by Crippen LogP contribution is 2.14. The summed E-state index contributed by atoms with van der Waals surface area (Å²) in [5.74, 6) is 1.25. The first kappa shape index (κ1) is 22.2. The summed E-state index contributed by atoms with van der Waals surface area (Å²) < 4.78 is 5.80. The lowest BCUT2D eigenvalue weighted by molar-refractivity contribution is -0.404. The Kier molecular flexibility index (Phi) is 9.51. The van der Waals surface area contributed by atoms with E-state index in [1.165, 1.54) is 11.1 Å². The molecule has 2 aromatic rings. The lowest BCUT2D eigenvalue weighted by Crippen LogP contribution is -2.30. The number of rotatable bonds is 13. The number of hydrogen-bond donors (Lipinski definition) is 2. The quantitative estimate of drug-likeness (QED) is 0.307. The minimum absolute atomic E-state index is 0.416. The monoisotopic (exact) mass is 398 g/mol. The van der Waals surface area contributed by atoms with Crippen LogP contribution < -0.4 is 15.4 Å². The fourth-order valence-electron chi connectivity index (χ4n) is 2.83. The molecule has 0 aliphatic heterocycles. The standard InChI is InChI=1S/C22H30N4O3/c1-25(2)17-20-10-6-11-21(16-20)29-15-7-13-23-22(18-26(27)28)24-14-12-19-8-4-3-5-9-19/h3-6,8-11,16,18,23-24H,7,12-15,17H2,1-2H3. The summed E-state index contributed by atoms with van der Waals surface area (Å²) in [6, 6.07) is 18.1. The predicted octanol–water partition coefficient (Wildman–Crippen LogP) is 3.01. The first-order valence-electron chi connectivity index (χ1n) is 9.76. The molecule has 0 saturated heterocycles. The number of nitrogens with zero attached hydrogens (tertiary/aromatic N) is 2. The molecule has 2 aromatic carbocycles. The van der Waals surface area contributed by atoms with E-state index < -0.39 is 4.92 Å². The van der Waals surface area contributed by atoms with Gasteiger partial charge in [0.15, 0.2) is 5.82 Å². The van der Waals surface area contributed by atoms with Gasteiger partial charge in [-0.2, -0.15) is 0 Å². The van der Waals surface area contributed by atoms with Gasteiger partial charge in [-0.25, -0.2) is 0 Å². The summed E-state index contributed by atoms with van der Waals surface area (Å²) in [6.07, 6.45) is 2.49. The zero-order chi connectivity index (χ0) is 20.9. The Morgan fingerprint density at radius 1 is 1.07 bits per heavy atom. The summed E-state index contributed by atoms with van der Waals surface area (Å²) in [4.78, 5) is 12.5. The molecule has 2 rings (SSSR count). The zero-order valence-corrected chi connectivity index (χ0v) is 17.1. The van der Waals surface area contributed by atoms with Crippen molar-refractivity contribution >= 4 is 0 Å². The highest BCUT2D eigenvalue weighted by molar-refractivity contribution is 5.28. The fourth-order valence-corrected chi connectivity index (χ4v) is 2.83. The minimum atomic E-state index is -0.454. The lowest BCUT2D eigenvalue weighted by Gasteiger charge is -2.13. The number of nitro groups is 1. The van der Waals surface area contributed by atoms with Crippen molar-refractivity contribution in [1.29, 1.82) is 0 Å². The maximum absolute atomic E-state index is 10.8. The first-order valence-corrected chi connectivity index (χ1v) is 9.76. The van der Waals surface area contributed by atoms with Crippen LogP contribution in [-0.4, -0.2) is 43.6 Å². The molecule has 0 heterocycles. The van der Waals surface area contributed by atoms with Crippen molar-refractivity contribution in [2.75, 3.05) is 33.8 Å². The van der Waals surface area contributed by atoms with Crippen molar-refractivity contribution in [2.24, 2.45) is 0 Å². The predicted molar refractivity (Wildman–Crippen MR) is 115 cm³/mol. The summed E-state index contributed by atoms with van der Waals surface area (Å²) in [5.41, 5.74) is 2.38. The van der Waals surface area contributed by atoms with Gasteiger partial charge in [0.05, 0.1) is 11.5 Å². The molecule has 0 fully saturated rings. The van der Waals surface area contributed by atoms with Crippen LogP contribution in [0.4, 0.5) is 0 Å². The molecule has 7 heteroatoms. The van der Waals surface area contributed by atoms with Gasteiger partial charge in [0, 0.05) is 19.6 Å². The second kappa shape index (κ2) is 12.4. The Morgan fingerprint density at radius 2 is 1.79 bits per heavy atom. The van der Waals surface area contributed by atoms with Crippen LogP contribution >= 0.6 is 0 Å². The van der Waals surface area contributed by atoms with E-state index in [4.69, 9.17) is 4.74 Å². The Morgan fingerprint density at radius 3 is 2.52 bits per heavy atom. The summed E-state index contributed by atoms with van der Waals surface area (Å²) in [6.45, 7) is 2.60. The van der Waals surface area contributed by atoms with Crippen molar-refractivity contribution in [3.63, 3.8) is 0 Å². The van der Waals surface area contributed by atoms with Gasteiger partial charge < -0.3 is 20.3 Å². The van der Waals surface area contributed by atoms with Crippen LogP contribution in [0.2, 0.25) is 0 Å². The van der Waals surface area contributed by atoms with Crippen LogP contribution in [0, 0.1) is 10.1 Å². The third kappa shape index (κ3) is 9.62. The van der Waals surface area contributed by atoms with Crippen molar-refractivity contribution in [1.82, 2.24) is 15.5 Å². The lowest BCUT2D eigenvalue weighted by atomic mass is 10.1. The van der Waals surface area contributed by atoms with Gasteiger partial charge >= 0.3 is 0 Å². The molecule has 0 aliphatic carbocycles. The molecule has 0 saturated carbocycles. The molecule has 0 bridgehead atoms. The molecule has 0 unspecified atom stereocenters. The third-order valence-corrected chi connectivity index (χ3v) is 4.11. The molecule has 2 N–H and O–H groups in total. The van der Waals surface area contributed by atoms with Crippen LogP contribution in [0.1, 0.15) is 17.5 Å². The van der Waals surface area contributed by atoms with Crippen LogP contribution in [-0.2, 0) is 13.0 Å². The highest BCUT2D eigenvalue weighted by atomic mass is 16.6. The molecule has 0 radical (unpaired) electrons. The van der Waals surface area contributed by atoms with Gasteiger partial charge in [0.2, 0.25) is 0 Å². The van der Waals surface area contributed by atoms with Gasteiger partial charge in [-0.1, -0.05) is 42.5 Å². The van der Waals surface area contributed by atoms with Crippen LogP contribution in [0.3, 0.4) is 0 Å². The average Bonchev–Trinajstić information content (AvgIpc) is 2.68. The molecule has 29 heavy (non-hydrogen) atoms. The van der Waals surface area contributed by atoms with Crippen molar-refractivity contribution in [3.05, 3.63) is 87.9 Å². The van der Waals surface area contributed by atoms with Crippen LogP contribution in [0.15, 0.2) is 66.6 Å². The van der Waals surface area contributed by atoms with Gasteiger partial charge in [0.25, 0.3) is 6.20 Å². The summed E-state index contributed by atoms with van der Waals surface area (Å²) in [7, 11) is 4.06. The molecular formula is C22H30N4O3. The fraction of sp³-hybridized carbons (Fsp3) is 0.364. The Hall–Kier alpha value is -3.06. The van der Waals surface area contributed by atoms with Crippen molar-refractivity contribution in [3.8, 4) is 5.75 Å². The number of nitrogens with one attached hydrogen (secondary N) is 2. The van der Waals surface area contributed by atoms with E-state index in [0.717, 1.165) is 31.3 Å². The Balaban J connectivity index is 1.70. The topological polar surface area (TPSA) is 79.7 Å². The second-order valence-electron chi connectivity index (χ2n) is 7.00. The van der Waals surface area contributed by atoms with Crippen molar-refractivity contribution in [2.45, 2.75) is 19.4 Å². The Bertz CT molecular complexity index is 779. The average molecular weight is 399 g/mol.